The molecule has 134 valence electrons. The van der Waals surface area contributed by atoms with Crippen molar-refractivity contribution in [3.8, 4) is 34.5 Å². The fourth-order valence-corrected chi connectivity index (χ4v) is 2.58. The Morgan fingerprint density at radius 2 is 1.88 bits per heavy atom. The van der Waals surface area contributed by atoms with Crippen LogP contribution in [0.4, 0.5) is 0 Å². The van der Waals surface area contributed by atoms with Crippen LogP contribution in [0, 0.1) is 0 Å². The maximum absolute atomic E-state index is 5.77. The van der Waals surface area contributed by atoms with Crippen LogP contribution in [-0.2, 0) is 7.05 Å². The molecule has 0 N–H and O–H groups in total. The van der Waals surface area contributed by atoms with Crippen LogP contribution in [0.15, 0.2) is 36.8 Å². The molecule has 0 spiro atoms. The minimum Gasteiger partial charge on any atom is -0.473 e. The number of ether oxygens (including phenoxy) is 4. The van der Waals surface area contributed by atoms with E-state index in [1.165, 1.54) is 12.4 Å². The second-order valence-electron chi connectivity index (χ2n) is 5.47. The molecule has 0 radical (unpaired) electrons. The highest BCUT2D eigenvalue weighted by Crippen LogP contribution is 2.38. The molecule has 0 aliphatic carbocycles. The fourth-order valence-electron chi connectivity index (χ4n) is 2.48. The lowest BCUT2D eigenvalue weighted by atomic mass is 10.1. The van der Waals surface area contributed by atoms with Crippen LogP contribution >= 0.6 is 11.6 Å². The van der Waals surface area contributed by atoms with Gasteiger partial charge in [0.1, 0.15) is 13.2 Å². The van der Waals surface area contributed by atoms with Gasteiger partial charge in [-0.25, -0.2) is 9.97 Å². The second-order valence-corrected chi connectivity index (χ2v) is 5.91. The van der Waals surface area contributed by atoms with Crippen molar-refractivity contribution >= 4 is 11.6 Å². The normalized spacial score (nSPS) is 12.2. The summed E-state index contributed by atoms with van der Waals surface area (Å²) in [5.74, 6) is 1.95. The van der Waals surface area contributed by atoms with Crippen LogP contribution in [0.25, 0.3) is 11.1 Å². The zero-order chi connectivity index (χ0) is 17.9. The molecule has 4 rings (SSSR count). The van der Waals surface area contributed by atoms with Crippen molar-refractivity contribution < 1.29 is 18.9 Å². The summed E-state index contributed by atoms with van der Waals surface area (Å²) in [4.78, 5) is 7.92. The average molecular weight is 375 g/mol. The summed E-state index contributed by atoms with van der Waals surface area (Å²) in [6, 6.07) is 5.96. The first-order chi connectivity index (χ1) is 12.7. The quantitative estimate of drug-likeness (QED) is 0.613. The van der Waals surface area contributed by atoms with Gasteiger partial charge < -0.3 is 18.9 Å². The molecule has 0 amide bonds. The van der Waals surface area contributed by atoms with E-state index >= 15 is 0 Å². The first-order valence-corrected chi connectivity index (χ1v) is 8.23. The van der Waals surface area contributed by atoms with Gasteiger partial charge in [0.2, 0.25) is 12.7 Å². The summed E-state index contributed by atoms with van der Waals surface area (Å²) in [7, 11) is 1.83. The SMILES string of the molecule is Cn1cc(-c2ccc3c(c2)OCO3)c(OCCOc2ncc(Cl)cn2)n1. The summed E-state index contributed by atoms with van der Waals surface area (Å²) in [6.45, 7) is 0.804. The highest BCUT2D eigenvalue weighted by atomic mass is 35.5. The minimum atomic E-state index is 0.235. The van der Waals surface area contributed by atoms with E-state index in [1.807, 2.05) is 31.4 Å². The van der Waals surface area contributed by atoms with E-state index in [9.17, 15) is 0 Å². The molecular weight excluding hydrogens is 360 g/mol. The summed E-state index contributed by atoms with van der Waals surface area (Å²) < 4.78 is 23.7. The number of fused-ring (bicyclic) bond motifs is 1. The molecule has 0 atom stereocenters. The molecule has 3 aromatic rings. The van der Waals surface area contributed by atoms with Gasteiger partial charge >= 0.3 is 6.01 Å². The molecule has 2 aromatic heterocycles. The Morgan fingerprint density at radius 3 is 2.73 bits per heavy atom. The van der Waals surface area contributed by atoms with Gasteiger partial charge in [0.15, 0.2) is 11.5 Å². The zero-order valence-corrected chi connectivity index (χ0v) is 14.6. The molecule has 0 bridgehead atoms. The lowest BCUT2D eigenvalue weighted by Crippen LogP contribution is -2.11. The molecule has 8 nitrogen and oxygen atoms in total. The van der Waals surface area contributed by atoms with E-state index in [0.29, 0.717) is 23.3 Å². The minimum absolute atomic E-state index is 0.235. The number of nitrogens with zero attached hydrogens (tertiary/aromatic N) is 4. The maximum atomic E-state index is 5.77. The number of halogens is 1. The third kappa shape index (κ3) is 3.50. The van der Waals surface area contributed by atoms with Gasteiger partial charge in [0.25, 0.3) is 0 Å². The predicted molar refractivity (Wildman–Crippen MR) is 92.8 cm³/mol. The van der Waals surface area contributed by atoms with Crippen molar-refractivity contribution in [3.63, 3.8) is 0 Å². The Kier molecular flexibility index (Phi) is 4.49. The number of hydrogen-bond acceptors (Lipinski definition) is 7. The van der Waals surface area contributed by atoms with E-state index in [4.69, 9.17) is 30.5 Å². The summed E-state index contributed by atoms with van der Waals surface area (Å²) in [5.41, 5.74) is 1.79. The summed E-state index contributed by atoms with van der Waals surface area (Å²) in [5, 5.41) is 4.81. The molecule has 26 heavy (non-hydrogen) atoms. The second kappa shape index (κ2) is 7.09. The molecule has 0 unspecified atom stereocenters. The molecule has 1 aliphatic rings. The van der Waals surface area contributed by atoms with Crippen LogP contribution in [-0.4, -0.2) is 39.8 Å². The third-order valence-corrected chi connectivity index (χ3v) is 3.82. The van der Waals surface area contributed by atoms with E-state index in [2.05, 4.69) is 15.1 Å². The van der Waals surface area contributed by atoms with E-state index in [0.717, 1.165) is 16.9 Å². The number of hydrogen-bond donors (Lipinski definition) is 0. The number of rotatable bonds is 6. The van der Waals surface area contributed by atoms with Gasteiger partial charge in [0.05, 0.1) is 23.0 Å². The number of benzene rings is 1. The molecule has 1 aromatic carbocycles. The Balaban J connectivity index is 1.42. The summed E-state index contributed by atoms with van der Waals surface area (Å²) in [6.07, 6.45) is 4.83. The smallest absolute Gasteiger partial charge is 0.316 e. The van der Waals surface area contributed by atoms with Gasteiger partial charge in [0, 0.05) is 13.2 Å². The largest absolute Gasteiger partial charge is 0.473 e. The van der Waals surface area contributed by atoms with E-state index < -0.39 is 0 Å². The van der Waals surface area contributed by atoms with Crippen molar-refractivity contribution in [1.82, 2.24) is 19.7 Å². The maximum Gasteiger partial charge on any atom is 0.316 e. The van der Waals surface area contributed by atoms with E-state index in [1.54, 1.807) is 4.68 Å². The third-order valence-electron chi connectivity index (χ3n) is 3.63. The lowest BCUT2D eigenvalue weighted by Gasteiger charge is -2.07. The van der Waals surface area contributed by atoms with Crippen molar-refractivity contribution in [1.29, 1.82) is 0 Å². The Hall–Kier alpha value is -3.00. The van der Waals surface area contributed by atoms with Crippen molar-refractivity contribution in [2.45, 2.75) is 0 Å². The number of aromatic nitrogens is 4. The van der Waals surface area contributed by atoms with Crippen LogP contribution in [0.1, 0.15) is 0 Å². The van der Waals surface area contributed by atoms with Gasteiger partial charge in [-0.15, -0.1) is 5.10 Å². The molecule has 1 aliphatic heterocycles. The molecule has 9 heteroatoms. The number of aryl methyl sites for hydroxylation is 1. The zero-order valence-electron chi connectivity index (χ0n) is 13.9. The van der Waals surface area contributed by atoms with Crippen LogP contribution in [0.2, 0.25) is 5.02 Å². The van der Waals surface area contributed by atoms with Gasteiger partial charge in [-0.2, -0.15) is 0 Å². The average Bonchev–Trinajstić information content (AvgIpc) is 3.25. The first kappa shape index (κ1) is 16.5. The van der Waals surface area contributed by atoms with E-state index in [-0.39, 0.29) is 19.4 Å². The molecule has 0 saturated heterocycles. The van der Waals surface area contributed by atoms with Crippen molar-refractivity contribution in [2.24, 2.45) is 7.05 Å². The highest BCUT2D eigenvalue weighted by molar-refractivity contribution is 6.30. The molecular formula is C17H15ClN4O4. The van der Waals surface area contributed by atoms with Crippen molar-refractivity contribution in [2.75, 3.05) is 20.0 Å². The molecule has 0 fully saturated rings. The fraction of sp³-hybridized carbons (Fsp3) is 0.235. The molecule has 0 saturated carbocycles. The van der Waals surface area contributed by atoms with Gasteiger partial charge in [-0.1, -0.05) is 17.7 Å². The first-order valence-electron chi connectivity index (χ1n) is 7.86. The predicted octanol–water partition coefficient (Wildman–Crippen LogP) is 2.72. The van der Waals surface area contributed by atoms with Crippen LogP contribution < -0.4 is 18.9 Å². The van der Waals surface area contributed by atoms with Crippen LogP contribution in [0.3, 0.4) is 0 Å². The monoisotopic (exact) mass is 374 g/mol. The van der Waals surface area contributed by atoms with Crippen molar-refractivity contribution in [3.05, 3.63) is 41.8 Å². The van der Waals surface area contributed by atoms with Crippen LogP contribution in [0.5, 0.6) is 23.4 Å². The van der Waals surface area contributed by atoms with Gasteiger partial charge in [-0.05, 0) is 17.7 Å². The Bertz CT molecular complexity index is 914. The summed E-state index contributed by atoms with van der Waals surface area (Å²) >= 11 is 5.73. The Labute approximate surface area is 154 Å². The standard InChI is InChI=1S/C17H15ClN4O4/c1-22-9-13(11-2-3-14-15(6-11)26-10-25-14)16(21-22)23-4-5-24-17-19-7-12(18)8-20-17/h2-3,6-9H,4-5,10H2,1H3. The lowest BCUT2D eigenvalue weighted by molar-refractivity contribution is 0.174. The molecule has 3 heterocycles. The highest BCUT2D eigenvalue weighted by Gasteiger charge is 2.17. The van der Waals surface area contributed by atoms with Gasteiger partial charge in [-0.3, -0.25) is 4.68 Å². The Morgan fingerprint density at radius 1 is 1.12 bits per heavy atom. The topological polar surface area (TPSA) is 80.5 Å².